The van der Waals surface area contributed by atoms with E-state index in [1.807, 2.05) is 12.5 Å². The lowest BCUT2D eigenvalue weighted by atomic mass is 10.4. The molecule has 5 nitrogen and oxygen atoms in total. The first-order valence-electron chi connectivity index (χ1n) is 6.13. The standard InChI is InChI=1S/C12H13N5S3/c1-3-7-4-13-8(19-7)5-14-10-9-11(16-6-15-10)17-12(18-2)20-9/h4,6H,3,5H2,1-2H3,(H,14,15,16). The van der Waals surface area contributed by atoms with Crippen LogP contribution >= 0.6 is 34.4 Å². The van der Waals surface area contributed by atoms with E-state index in [-0.39, 0.29) is 0 Å². The van der Waals surface area contributed by atoms with Crippen LogP contribution in [0.5, 0.6) is 0 Å². The Morgan fingerprint density at radius 2 is 2.15 bits per heavy atom. The second-order valence-corrected chi connectivity index (χ2v) is 7.24. The molecule has 104 valence electrons. The molecule has 0 atom stereocenters. The molecule has 0 radical (unpaired) electrons. The van der Waals surface area contributed by atoms with Gasteiger partial charge in [0.05, 0.1) is 6.54 Å². The van der Waals surface area contributed by atoms with Gasteiger partial charge in [0.25, 0.3) is 0 Å². The number of aromatic nitrogens is 4. The molecule has 0 aromatic carbocycles. The molecule has 20 heavy (non-hydrogen) atoms. The Hall–Kier alpha value is -1.25. The van der Waals surface area contributed by atoms with Gasteiger partial charge in [-0.2, -0.15) is 0 Å². The Bertz CT molecular complexity index is 721. The van der Waals surface area contributed by atoms with E-state index in [0.29, 0.717) is 6.54 Å². The summed E-state index contributed by atoms with van der Waals surface area (Å²) in [4.78, 5) is 18.7. The number of thioether (sulfide) groups is 1. The van der Waals surface area contributed by atoms with Gasteiger partial charge in [0.15, 0.2) is 9.99 Å². The molecule has 0 aliphatic rings. The first kappa shape index (κ1) is 13.7. The fourth-order valence-electron chi connectivity index (χ4n) is 1.70. The first-order chi connectivity index (χ1) is 9.80. The normalized spacial score (nSPS) is 11.1. The molecule has 0 amide bonds. The lowest BCUT2D eigenvalue weighted by Gasteiger charge is -2.02. The van der Waals surface area contributed by atoms with Crippen LogP contribution in [0.15, 0.2) is 16.9 Å². The highest BCUT2D eigenvalue weighted by Crippen LogP contribution is 2.31. The highest BCUT2D eigenvalue weighted by atomic mass is 32.2. The summed E-state index contributed by atoms with van der Waals surface area (Å²) in [6.07, 6.45) is 6.53. The van der Waals surface area contributed by atoms with Crippen molar-refractivity contribution in [2.75, 3.05) is 11.6 Å². The molecular weight excluding hydrogens is 310 g/mol. The van der Waals surface area contributed by atoms with E-state index in [1.54, 1.807) is 40.8 Å². The van der Waals surface area contributed by atoms with Crippen molar-refractivity contribution >= 4 is 50.6 Å². The second-order valence-electron chi connectivity index (χ2n) is 3.99. The molecule has 3 rings (SSSR count). The predicted octanol–water partition coefficient (Wildman–Crippen LogP) is 3.44. The average Bonchev–Trinajstić information content (AvgIpc) is 3.11. The topological polar surface area (TPSA) is 63.6 Å². The number of hydrogen-bond donors (Lipinski definition) is 1. The molecule has 1 N–H and O–H groups in total. The number of fused-ring (bicyclic) bond motifs is 1. The van der Waals surface area contributed by atoms with Gasteiger partial charge < -0.3 is 5.32 Å². The van der Waals surface area contributed by atoms with Crippen molar-refractivity contribution in [1.82, 2.24) is 19.9 Å². The fourth-order valence-corrected chi connectivity index (χ4v) is 3.98. The largest absolute Gasteiger partial charge is 0.362 e. The molecule has 3 heterocycles. The minimum atomic E-state index is 0.684. The van der Waals surface area contributed by atoms with E-state index in [4.69, 9.17) is 0 Å². The summed E-state index contributed by atoms with van der Waals surface area (Å²) in [5.41, 5.74) is 0.755. The summed E-state index contributed by atoms with van der Waals surface area (Å²) in [6.45, 7) is 2.82. The Labute approximate surface area is 128 Å². The number of rotatable bonds is 5. The summed E-state index contributed by atoms with van der Waals surface area (Å²) in [5.74, 6) is 0.834. The highest BCUT2D eigenvalue weighted by Gasteiger charge is 2.10. The average molecular weight is 323 g/mol. The molecule has 0 fully saturated rings. The van der Waals surface area contributed by atoms with Gasteiger partial charge in [0.2, 0.25) is 0 Å². The van der Waals surface area contributed by atoms with E-state index >= 15 is 0 Å². The molecule has 0 unspecified atom stereocenters. The van der Waals surface area contributed by atoms with Crippen LogP contribution in [-0.2, 0) is 13.0 Å². The third-order valence-corrected chi connectivity index (χ3v) is 5.88. The summed E-state index contributed by atoms with van der Waals surface area (Å²) in [5, 5.41) is 4.41. The van der Waals surface area contributed by atoms with E-state index < -0.39 is 0 Å². The number of anilines is 1. The van der Waals surface area contributed by atoms with Crippen LogP contribution in [0, 0.1) is 0 Å². The number of nitrogens with zero attached hydrogens (tertiary/aromatic N) is 4. The SMILES string of the molecule is CCc1cnc(CNc2ncnc3nc(SC)sc23)s1. The Morgan fingerprint density at radius 3 is 2.90 bits per heavy atom. The van der Waals surface area contributed by atoms with Crippen molar-refractivity contribution in [3.63, 3.8) is 0 Å². The van der Waals surface area contributed by atoms with Crippen molar-refractivity contribution in [1.29, 1.82) is 0 Å². The lowest BCUT2D eigenvalue weighted by molar-refractivity contribution is 1.07. The quantitative estimate of drug-likeness (QED) is 0.726. The number of hydrogen-bond acceptors (Lipinski definition) is 8. The molecule has 0 aliphatic carbocycles. The van der Waals surface area contributed by atoms with Crippen molar-refractivity contribution < 1.29 is 0 Å². The van der Waals surface area contributed by atoms with E-state index in [0.717, 1.165) is 31.9 Å². The van der Waals surface area contributed by atoms with Crippen LogP contribution in [0.1, 0.15) is 16.8 Å². The van der Waals surface area contributed by atoms with Gasteiger partial charge in [0.1, 0.15) is 21.9 Å². The van der Waals surface area contributed by atoms with Crippen molar-refractivity contribution in [3.8, 4) is 0 Å². The molecule has 0 saturated carbocycles. The van der Waals surface area contributed by atoms with Gasteiger partial charge in [0, 0.05) is 11.1 Å². The molecule has 3 aromatic rings. The van der Waals surface area contributed by atoms with Crippen molar-refractivity contribution in [2.24, 2.45) is 0 Å². The summed E-state index contributed by atoms with van der Waals surface area (Å²) in [7, 11) is 0. The summed E-state index contributed by atoms with van der Waals surface area (Å²) in [6, 6.07) is 0. The Morgan fingerprint density at radius 1 is 1.25 bits per heavy atom. The zero-order valence-corrected chi connectivity index (χ0v) is 13.5. The van der Waals surface area contributed by atoms with Gasteiger partial charge >= 0.3 is 0 Å². The maximum Gasteiger partial charge on any atom is 0.176 e. The zero-order valence-electron chi connectivity index (χ0n) is 11.1. The number of nitrogens with one attached hydrogen (secondary N) is 1. The zero-order chi connectivity index (χ0) is 13.9. The third kappa shape index (κ3) is 2.77. The molecule has 0 spiro atoms. The third-order valence-electron chi connectivity index (χ3n) is 2.70. The van der Waals surface area contributed by atoms with Gasteiger partial charge in [-0.1, -0.05) is 18.7 Å². The Kier molecular flexibility index (Phi) is 4.13. The minimum Gasteiger partial charge on any atom is -0.362 e. The molecule has 0 aliphatic heterocycles. The minimum absolute atomic E-state index is 0.684. The van der Waals surface area contributed by atoms with Crippen molar-refractivity contribution in [2.45, 2.75) is 24.2 Å². The van der Waals surface area contributed by atoms with Crippen LogP contribution < -0.4 is 5.32 Å². The number of aryl methyl sites for hydroxylation is 1. The summed E-state index contributed by atoms with van der Waals surface area (Å²) >= 11 is 4.98. The number of thiazole rings is 2. The fraction of sp³-hybridized carbons (Fsp3) is 0.333. The Balaban J connectivity index is 1.81. The predicted molar refractivity (Wildman–Crippen MR) is 85.8 cm³/mol. The smallest absolute Gasteiger partial charge is 0.176 e. The van der Waals surface area contributed by atoms with Crippen LogP contribution in [0.25, 0.3) is 10.3 Å². The second kappa shape index (κ2) is 6.02. The first-order valence-corrected chi connectivity index (χ1v) is 8.99. The van der Waals surface area contributed by atoms with E-state index in [9.17, 15) is 0 Å². The monoisotopic (exact) mass is 323 g/mol. The van der Waals surface area contributed by atoms with Gasteiger partial charge in [-0.15, -0.1) is 22.7 Å². The van der Waals surface area contributed by atoms with Crippen LogP contribution in [-0.4, -0.2) is 26.2 Å². The maximum absolute atomic E-state index is 4.44. The molecule has 0 saturated heterocycles. The molecule has 3 aromatic heterocycles. The van der Waals surface area contributed by atoms with Crippen LogP contribution in [0.2, 0.25) is 0 Å². The lowest BCUT2D eigenvalue weighted by Crippen LogP contribution is -2.01. The highest BCUT2D eigenvalue weighted by molar-refractivity contribution is 8.00. The van der Waals surface area contributed by atoms with Crippen molar-refractivity contribution in [3.05, 3.63) is 22.4 Å². The van der Waals surface area contributed by atoms with Gasteiger partial charge in [-0.05, 0) is 12.7 Å². The van der Waals surface area contributed by atoms with E-state index in [2.05, 4.69) is 32.2 Å². The molecule has 0 bridgehead atoms. The van der Waals surface area contributed by atoms with Gasteiger partial charge in [-0.3, -0.25) is 0 Å². The molecular formula is C12H13N5S3. The van der Waals surface area contributed by atoms with Crippen LogP contribution in [0.4, 0.5) is 5.82 Å². The molecule has 8 heteroatoms. The van der Waals surface area contributed by atoms with Crippen LogP contribution in [0.3, 0.4) is 0 Å². The van der Waals surface area contributed by atoms with E-state index in [1.165, 1.54) is 4.88 Å². The van der Waals surface area contributed by atoms with Gasteiger partial charge in [-0.25, -0.2) is 19.9 Å². The summed E-state index contributed by atoms with van der Waals surface area (Å²) < 4.78 is 2.01. The maximum atomic E-state index is 4.44.